The van der Waals surface area contributed by atoms with Crippen LogP contribution in [0.5, 0.6) is 0 Å². The van der Waals surface area contributed by atoms with Gasteiger partial charge in [-0.1, -0.05) is 44.3 Å². The summed E-state index contributed by atoms with van der Waals surface area (Å²) in [6.07, 6.45) is 2.89. The van der Waals surface area contributed by atoms with Gasteiger partial charge in [-0.3, -0.25) is 0 Å². The summed E-state index contributed by atoms with van der Waals surface area (Å²) < 4.78 is 6.14. The van der Waals surface area contributed by atoms with Crippen molar-refractivity contribution in [3.05, 3.63) is 64.9 Å². The van der Waals surface area contributed by atoms with E-state index in [0.29, 0.717) is 6.04 Å². The molecule has 1 aromatic heterocycles. The SMILES string of the molecule is CCc1cccc(C(=S)Nc2ccc3oc(CC)c(CCN(C)C(C)C)c3c2)c1.I. The number of hydrogen-bond donors (Lipinski definition) is 1. The van der Waals surface area contributed by atoms with Crippen molar-refractivity contribution in [2.24, 2.45) is 0 Å². The highest BCUT2D eigenvalue weighted by molar-refractivity contribution is 14.0. The van der Waals surface area contributed by atoms with Gasteiger partial charge in [-0.05, 0) is 63.6 Å². The summed E-state index contributed by atoms with van der Waals surface area (Å²) >= 11 is 5.67. The van der Waals surface area contributed by atoms with Crippen molar-refractivity contribution < 1.29 is 4.42 Å². The number of halogens is 1. The third-order valence-electron chi connectivity index (χ3n) is 5.65. The summed E-state index contributed by atoms with van der Waals surface area (Å²) in [6, 6.07) is 15.2. The standard InChI is InChI=1S/C25H32N2OS.HI/c1-6-18-9-8-10-19(15-18)25(29)26-20-11-12-24-22(16-20)21(23(7-2)28-24)13-14-27(5)17(3)4;/h8-12,15-17H,6-7,13-14H2,1-5H3,(H,26,29);1H. The number of nitrogens with one attached hydrogen (secondary N) is 1. The number of benzene rings is 2. The molecule has 0 unspecified atom stereocenters. The predicted octanol–water partition coefficient (Wildman–Crippen LogP) is 6.85. The molecule has 0 spiro atoms. The maximum Gasteiger partial charge on any atom is 0.134 e. The first kappa shape index (κ1) is 24.8. The quantitative estimate of drug-likeness (QED) is 0.252. The van der Waals surface area contributed by atoms with Crippen molar-refractivity contribution in [2.75, 3.05) is 18.9 Å². The molecule has 0 fully saturated rings. The van der Waals surface area contributed by atoms with Crippen LogP contribution in [0, 0.1) is 0 Å². The Hall–Kier alpha value is -1.44. The van der Waals surface area contributed by atoms with Crippen molar-refractivity contribution in [3.8, 4) is 0 Å². The molecule has 3 nitrogen and oxygen atoms in total. The molecular weight excluding hydrogens is 503 g/mol. The largest absolute Gasteiger partial charge is 0.461 e. The number of aryl methyl sites for hydroxylation is 2. The number of nitrogens with zero attached hydrogens (tertiary/aromatic N) is 1. The lowest BCUT2D eigenvalue weighted by molar-refractivity contribution is 0.277. The molecule has 1 heterocycles. The second-order valence-corrected chi connectivity index (χ2v) is 8.31. The normalized spacial score (nSPS) is 11.2. The molecule has 5 heteroatoms. The fraction of sp³-hybridized carbons (Fsp3) is 0.400. The van der Waals surface area contributed by atoms with E-state index in [1.165, 1.54) is 16.5 Å². The minimum Gasteiger partial charge on any atom is -0.461 e. The highest BCUT2D eigenvalue weighted by atomic mass is 127. The molecular formula is C25H33IN2OS. The van der Waals surface area contributed by atoms with Gasteiger partial charge in [-0.2, -0.15) is 0 Å². The number of fused-ring (bicyclic) bond motifs is 1. The third-order valence-corrected chi connectivity index (χ3v) is 5.98. The Kier molecular flexibility index (Phi) is 9.31. The summed E-state index contributed by atoms with van der Waals surface area (Å²) in [6.45, 7) is 9.78. The van der Waals surface area contributed by atoms with Crippen LogP contribution in [0.4, 0.5) is 5.69 Å². The Bertz CT molecular complexity index is 996. The lowest BCUT2D eigenvalue weighted by atomic mass is 10.0. The average molecular weight is 537 g/mol. The van der Waals surface area contributed by atoms with Crippen molar-refractivity contribution in [1.29, 1.82) is 0 Å². The predicted molar refractivity (Wildman–Crippen MR) is 144 cm³/mol. The van der Waals surface area contributed by atoms with E-state index < -0.39 is 0 Å². The number of rotatable bonds is 8. The van der Waals surface area contributed by atoms with E-state index in [1.807, 2.05) is 6.07 Å². The number of thiocarbonyl (C=S) groups is 1. The Morgan fingerprint density at radius 2 is 1.87 bits per heavy atom. The molecule has 30 heavy (non-hydrogen) atoms. The van der Waals surface area contributed by atoms with Gasteiger partial charge in [-0.25, -0.2) is 0 Å². The van der Waals surface area contributed by atoms with Crippen molar-refractivity contribution in [1.82, 2.24) is 4.90 Å². The minimum atomic E-state index is 0. The lowest BCUT2D eigenvalue weighted by Gasteiger charge is -2.20. The molecule has 0 radical (unpaired) electrons. The van der Waals surface area contributed by atoms with E-state index in [-0.39, 0.29) is 24.0 Å². The van der Waals surface area contributed by atoms with E-state index in [2.05, 4.69) is 81.4 Å². The van der Waals surface area contributed by atoms with Gasteiger partial charge in [0.1, 0.15) is 16.3 Å². The second-order valence-electron chi connectivity index (χ2n) is 7.90. The Labute approximate surface area is 203 Å². The van der Waals surface area contributed by atoms with Crippen LogP contribution in [0.3, 0.4) is 0 Å². The minimum absolute atomic E-state index is 0. The van der Waals surface area contributed by atoms with E-state index in [1.54, 1.807) is 0 Å². The molecule has 0 amide bonds. The molecule has 0 aliphatic heterocycles. The summed E-state index contributed by atoms with van der Waals surface area (Å²) in [7, 11) is 2.17. The smallest absolute Gasteiger partial charge is 0.134 e. The van der Waals surface area contributed by atoms with Crippen molar-refractivity contribution in [2.45, 2.75) is 53.0 Å². The zero-order chi connectivity index (χ0) is 21.0. The van der Waals surface area contributed by atoms with E-state index in [9.17, 15) is 0 Å². The molecule has 3 rings (SSSR count). The van der Waals surface area contributed by atoms with Crippen LogP contribution < -0.4 is 5.32 Å². The van der Waals surface area contributed by atoms with Crippen molar-refractivity contribution in [3.63, 3.8) is 0 Å². The summed E-state index contributed by atoms with van der Waals surface area (Å²) in [4.78, 5) is 3.12. The molecule has 0 bridgehead atoms. The maximum atomic E-state index is 6.14. The second kappa shape index (κ2) is 11.3. The van der Waals surface area contributed by atoms with Gasteiger partial charge in [0.15, 0.2) is 0 Å². The van der Waals surface area contributed by atoms with Crippen LogP contribution in [-0.4, -0.2) is 29.5 Å². The lowest BCUT2D eigenvalue weighted by Crippen LogP contribution is -2.28. The van der Waals surface area contributed by atoms with Gasteiger partial charge in [0.25, 0.3) is 0 Å². The third kappa shape index (κ3) is 5.83. The molecule has 2 aromatic carbocycles. The molecule has 162 valence electrons. The van der Waals surface area contributed by atoms with Crippen LogP contribution in [0.25, 0.3) is 11.0 Å². The van der Waals surface area contributed by atoms with Crippen LogP contribution in [0.2, 0.25) is 0 Å². The van der Waals surface area contributed by atoms with Gasteiger partial charge in [0.05, 0.1) is 0 Å². The van der Waals surface area contributed by atoms with Crippen LogP contribution in [-0.2, 0) is 19.3 Å². The fourth-order valence-electron chi connectivity index (χ4n) is 3.52. The van der Waals surface area contributed by atoms with E-state index >= 15 is 0 Å². The van der Waals surface area contributed by atoms with E-state index in [0.717, 1.165) is 53.4 Å². The van der Waals surface area contributed by atoms with E-state index in [4.69, 9.17) is 16.6 Å². The fourth-order valence-corrected chi connectivity index (χ4v) is 3.76. The first-order valence-corrected chi connectivity index (χ1v) is 11.0. The number of hydrogen-bond acceptors (Lipinski definition) is 3. The van der Waals surface area contributed by atoms with Crippen molar-refractivity contribution >= 4 is 57.8 Å². The molecule has 0 saturated heterocycles. The average Bonchev–Trinajstić information content (AvgIpc) is 3.08. The van der Waals surface area contributed by atoms with Gasteiger partial charge in [0, 0.05) is 41.2 Å². The Morgan fingerprint density at radius 3 is 2.53 bits per heavy atom. The Balaban J connectivity index is 0.00000320. The molecule has 1 N–H and O–H groups in total. The number of furan rings is 1. The molecule has 0 saturated carbocycles. The molecule has 0 atom stereocenters. The highest BCUT2D eigenvalue weighted by Gasteiger charge is 2.15. The summed E-state index contributed by atoms with van der Waals surface area (Å²) in [5.41, 5.74) is 5.62. The number of anilines is 1. The van der Waals surface area contributed by atoms with Crippen LogP contribution in [0.1, 0.15) is 50.1 Å². The van der Waals surface area contributed by atoms with Gasteiger partial charge in [0.2, 0.25) is 0 Å². The Morgan fingerprint density at radius 1 is 1.10 bits per heavy atom. The maximum absolute atomic E-state index is 6.14. The molecule has 0 aliphatic carbocycles. The molecule has 0 aliphatic rings. The highest BCUT2D eigenvalue weighted by Crippen LogP contribution is 2.30. The molecule has 3 aromatic rings. The topological polar surface area (TPSA) is 28.4 Å². The summed E-state index contributed by atoms with van der Waals surface area (Å²) in [5.74, 6) is 1.09. The number of likely N-dealkylation sites (N-methyl/N-ethyl adjacent to an activating group) is 1. The van der Waals surface area contributed by atoms with Gasteiger partial charge >= 0.3 is 0 Å². The monoisotopic (exact) mass is 536 g/mol. The summed E-state index contributed by atoms with van der Waals surface area (Å²) in [5, 5.41) is 4.61. The zero-order valence-corrected chi connectivity index (χ0v) is 21.8. The first-order chi connectivity index (χ1) is 13.9. The van der Waals surface area contributed by atoms with Crippen LogP contribution in [0.15, 0.2) is 46.9 Å². The van der Waals surface area contributed by atoms with Gasteiger partial charge in [-0.15, -0.1) is 24.0 Å². The first-order valence-electron chi connectivity index (χ1n) is 10.6. The zero-order valence-electron chi connectivity index (χ0n) is 18.6. The van der Waals surface area contributed by atoms with Crippen LogP contribution >= 0.6 is 36.2 Å². The van der Waals surface area contributed by atoms with Gasteiger partial charge < -0.3 is 14.6 Å².